The number of aryl methyl sites for hydroxylation is 3. The van der Waals surface area contributed by atoms with Crippen LogP contribution in [0, 0.1) is 41.3 Å². The summed E-state index contributed by atoms with van der Waals surface area (Å²) >= 11 is 0. The van der Waals surface area contributed by atoms with E-state index in [9.17, 15) is 0 Å². The first kappa shape index (κ1) is 39.4. The van der Waals surface area contributed by atoms with E-state index in [2.05, 4.69) is 49.8 Å². The Morgan fingerprint density at radius 2 is 0.833 bits per heavy atom. The maximum absolute atomic E-state index is 8.49. The van der Waals surface area contributed by atoms with Gasteiger partial charge in [-0.3, -0.25) is 19.9 Å². The van der Waals surface area contributed by atoms with Crippen LogP contribution in [0.4, 0.5) is 0 Å². The number of hydrogen-bond acceptors (Lipinski definition) is 15. The zero-order chi connectivity index (χ0) is 30.9. The smallest absolute Gasteiger partial charge is 0.348 e. The van der Waals surface area contributed by atoms with Gasteiger partial charge in [0.25, 0.3) is 0 Å². The van der Waals surface area contributed by atoms with Crippen molar-refractivity contribution in [3.63, 3.8) is 0 Å². The average molecular weight is 685 g/mol. The van der Waals surface area contributed by atoms with E-state index in [-0.39, 0.29) is 17.1 Å². The van der Waals surface area contributed by atoms with Gasteiger partial charge in [-0.05, 0) is 20.8 Å². The van der Waals surface area contributed by atoms with Crippen LogP contribution >= 0.6 is 0 Å². The Bertz CT molecular complexity index is 1070. The summed E-state index contributed by atoms with van der Waals surface area (Å²) in [5.41, 5.74) is 5.70. The van der Waals surface area contributed by atoms with E-state index in [1.54, 1.807) is 19.0 Å². The number of aromatic nitrogens is 6. The summed E-state index contributed by atoms with van der Waals surface area (Å²) in [6.45, 7) is 10.5. The van der Waals surface area contributed by atoms with Crippen molar-refractivity contribution in [3.8, 4) is 0 Å². The van der Waals surface area contributed by atoms with Gasteiger partial charge in [0, 0.05) is 55.4 Å². The molecule has 237 valence electrons. The van der Waals surface area contributed by atoms with Crippen LogP contribution in [0.5, 0.6) is 0 Å². The Kier molecular flexibility index (Phi) is 19.0. The Morgan fingerprint density at radius 1 is 0.595 bits per heavy atom. The van der Waals surface area contributed by atoms with E-state index in [0.29, 0.717) is 19.6 Å². The predicted molar refractivity (Wildman–Crippen MR) is 124 cm³/mol. The number of nitrogens with zero attached hydrogens (tertiary/aromatic N) is 7. The van der Waals surface area contributed by atoms with Crippen molar-refractivity contribution >= 4 is 18.6 Å². The van der Waals surface area contributed by atoms with Crippen LogP contribution < -0.4 is 37.3 Å². The SMILES string of the molecule is Cc1[nH]cnc1C=NCCN(CCN=Cc1nc[nH]c1C)CCN=Cc1nc[nH]c1C.[Cu+2].[O-][Cl+3]([O-])([O-])[O-].[O-][Cl+3]([O-])([O-])[O-]. The molecular formula is C21H30Cl2CuN10O8. The second-order valence-corrected chi connectivity index (χ2v) is 9.45. The molecule has 0 aliphatic carbocycles. The van der Waals surface area contributed by atoms with E-state index in [4.69, 9.17) is 37.3 Å². The van der Waals surface area contributed by atoms with E-state index in [0.717, 1.165) is 53.8 Å². The van der Waals surface area contributed by atoms with Gasteiger partial charge < -0.3 is 15.0 Å². The first-order chi connectivity index (χ1) is 19.1. The zero-order valence-electron chi connectivity index (χ0n) is 22.7. The molecule has 0 saturated carbocycles. The first-order valence-electron chi connectivity index (χ1n) is 11.6. The number of nitrogens with one attached hydrogen (secondary N) is 3. The summed E-state index contributed by atoms with van der Waals surface area (Å²) in [5.74, 6) is 0. The number of aliphatic imine (C=N–C) groups is 3. The second-order valence-electron chi connectivity index (χ2n) is 7.94. The quantitative estimate of drug-likeness (QED) is 0.118. The molecule has 21 heteroatoms. The summed E-state index contributed by atoms with van der Waals surface area (Å²) in [6, 6.07) is 0. The fourth-order valence-electron chi connectivity index (χ4n) is 2.88. The van der Waals surface area contributed by atoms with Gasteiger partial charge in [-0.1, -0.05) is 0 Å². The van der Waals surface area contributed by atoms with Gasteiger partial charge in [-0.2, -0.15) is 0 Å². The molecule has 0 amide bonds. The number of imidazole rings is 3. The fraction of sp³-hybridized carbons (Fsp3) is 0.429. The Labute approximate surface area is 256 Å². The van der Waals surface area contributed by atoms with Crippen molar-refractivity contribution < 1.29 is 74.8 Å². The van der Waals surface area contributed by atoms with Gasteiger partial charge >= 0.3 is 17.1 Å². The van der Waals surface area contributed by atoms with Crippen LogP contribution in [0.3, 0.4) is 0 Å². The third-order valence-electron chi connectivity index (χ3n) is 4.88. The summed E-state index contributed by atoms with van der Waals surface area (Å²) in [4.78, 5) is 37.8. The molecule has 3 heterocycles. The molecule has 1 radical (unpaired) electrons. The van der Waals surface area contributed by atoms with E-state index in [1.807, 2.05) is 39.4 Å². The molecule has 0 aliphatic heterocycles. The molecule has 0 spiro atoms. The topological polar surface area (TPSA) is 311 Å². The number of rotatable bonds is 12. The van der Waals surface area contributed by atoms with Crippen molar-refractivity contribution in [2.24, 2.45) is 15.0 Å². The van der Waals surface area contributed by atoms with Gasteiger partial charge in [-0.25, -0.2) is 52.2 Å². The predicted octanol–water partition coefficient (Wildman–Crippen LogP) is -7.77. The molecule has 0 aliphatic rings. The van der Waals surface area contributed by atoms with Gasteiger partial charge in [-0.15, -0.1) is 20.5 Å². The van der Waals surface area contributed by atoms with Crippen LogP contribution in [-0.4, -0.2) is 92.7 Å². The van der Waals surface area contributed by atoms with Crippen LogP contribution in [0.2, 0.25) is 0 Å². The van der Waals surface area contributed by atoms with Crippen molar-refractivity contribution in [2.45, 2.75) is 20.8 Å². The van der Waals surface area contributed by atoms with Crippen LogP contribution in [-0.2, 0) is 17.1 Å². The molecule has 0 unspecified atom stereocenters. The van der Waals surface area contributed by atoms with E-state index in [1.165, 1.54) is 0 Å². The Hall–Kier alpha value is -2.62. The molecule has 3 N–H and O–H groups in total. The minimum Gasteiger partial charge on any atom is -0.348 e. The third kappa shape index (κ3) is 21.1. The fourth-order valence-corrected chi connectivity index (χ4v) is 2.88. The molecule has 0 fully saturated rings. The van der Waals surface area contributed by atoms with Crippen molar-refractivity contribution in [1.82, 2.24) is 34.8 Å². The van der Waals surface area contributed by atoms with Crippen molar-refractivity contribution in [3.05, 3.63) is 53.1 Å². The standard InChI is InChI=1S/C21H30N10.2ClHO4.Cu/c1-16-19(28-13-25-16)10-22-4-7-31(8-5-23-11-20-17(2)26-14-29-20)9-6-24-12-21-18(3)27-15-30-21;2*2-1(3,4)5;/h10-15H,4-9H2,1-3H3,(H,25,28)(H,26,29)(H,27,30);2*(H,2,3,4,5);/q;;;+2/p-2. The summed E-state index contributed by atoms with van der Waals surface area (Å²) in [6.07, 6.45) is 10.5. The largest absolute Gasteiger partial charge is 2.00 e. The molecule has 18 nitrogen and oxygen atoms in total. The van der Waals surface area contributed by atoms with Crippen molar-refractivity contribution in [2.75, 3.05) is 39.3 Å². The second kappa shape index (κ2) is 20.3. The van der Waals surface area contributed by atoms with Gasteiger partial charge in [0.1, 0.15) is 17.1 Å². The summed E-state index contributed by atoms with van der Waals surface area (Å²) < 4.78 is 67.9. The van der Waals surface area contributed by atoms with Crippen LogP contribution in [0.1, 0.15) is 34.2 Å². The molecule has 0 saturated heterocycles. The van der Waals surface area contributed by atoms with Crippen LogP contribution in [0.25, 0.3) is 0 Å². The average Bonchev–Trinajstić information content (AvgIpc) is 3.56. The monoisotopic (exact) mass is 683 g/mol. The maximum Gasteiger partial charge on any atom is 2.00 e. The molecule has 3 aromatic heterocycles. The van der Waals surface area contributed by atoms with Crippen molar-refractivity contribution in [1.29, 1.82) is 0 Å². The molecule has 3 rings (SSSR count). The Morgan fingerprint density at radius 3 is 1.02 bits per heavy atom. The molecule has 3 aromatic rings. The van der Waals surface area contributed by atoms with E-state index < -0.39 is 20.5 Å². The maximum atomic E-state index is 8.49. The van der Waals surface area contributed by atoms with E-state index >= 15 is 0 Å². The molecule has 0 atom stereocenters. The molecule has 0 bridgehead atoms. The molecule has 0 aromatic carbocycles. The Balaban J connectivity index is 0.00000132. The zero-order valence-corrected chi connectivity index (χ0v) is 25.1. The van der Waals surface area contributed by atoms with Gasteiger partial charge in [0.05, 0.1) is 38.6 Å². The van der Waals surface area contributed by atoms with Gasteiger partial charge in [0.2, 0.25) is 0 Å². The summed E-state index contributed by atoms with van der Waals surface area (Å²) in [7, 11) is -9.89. The molecule has 42 heavy (non-hydrogen) atoms. The van der Waals surface area contributed by atoms with Gasteiger partial charge in [0.15, 0.2) is 0 Å². The number of aromatic amines is 3. The minimum absolute atomic E-state index is 0. The number of halogens is 2. The minimum atomic E-state index is -4.94. The first-order valence-corrected chi connectivity index (χ1v) is 14.1. The number of hydrogen-bond donors (Lipinski definition) is 3. The van der Waals surface area contributed by atoms with Crippen LogP contribution in [0.15, 0.2) is 34.0 Å². The third-order valence-corrected chi connectivity index (χ3v) is 4.88. The summed E-state index contributed by atoms with van der Waals surface area (Å²) in [5, 5.41) is 0. The molecular weight excluding hydrogens is 655 g/mol. The number of H-pyrrole nitrogens is 3. The normalized spacial score (nSPS) is 12.0.